The van der Waals surface area contributed by atoms with E-state index >= 15 is 0 Å². The monoisotopic (exact) mass is 265 g/mol. The Labute approximate surface area is 109 Å². The molecular weight excluding hydrogens is 250 g/mol. The molecule has 0 saturated carbocycles. The molecule has 1 saturated heterocycles. The van der Waals surface area contributed by atoms with Crippen LogP contribution < -0.4 is 5.32 Å². The van der Waals surface area contributed by atoms with E-state index in [4.69, 9.17) is 9.26 Å². The van der Waals surface area contributed by atoms with Gasteiger partial charge in [-0.15, -0.1) is 11.3 Å². The van der Waals surface area contributed by atoms with Gasteiger partial charge in [0.05, 0.1) is 11.5 Å². The summed E-state index contributed by atoms with van der Waals surface area (Å²) in [4.78, 5) is 6.73. The van der Waals surface area contributed by atoms with Crippen LogP contribution in [0.5, 0.6) is 0 Å². The number of rotatable bonds is 2. The minimum atomic E-state index is -0.0987. The Morgan fingerprint density at radius 3 is 3.00 bits per heavy atom. The highest BCUT2D eigenvalue weighted by molar-refractivity contribution is 7.15. The van der Waals surface area contributed by atoms with Crippen LogP contribution in [0.25, 0.3) is 10.8 Å². The van der Waals surface area contributed by atoms with Crippen LogP contribution in [0.4, 0.5) is 0 Å². The van der Waals surface area contributed by atoms with Gasteiger partial charge in [-0.25, -0.2) is 0 Å². The molecule has 0 aliphatic carbocycles. The van der Waals surface area contributed by atoms with Crippen molar-refractivity contribution in [2.24, 2.45) is 0 Å². The molecule has 1 aliphatic heterocycles. The van der Waals surface area contributed by atoms with Crippen molar-refractivity contribution < 1.29 is 9.26 Å². The van der Waals surface area contributed by atoms with E-state index in [2.05, 4.69) is 35.4 Å². The standard InChI is InChI=1S/C12H15N3O2S/c1-7-5-10(18-8(7)2)12-14-11(15-17-12)9-6-13-3-4-16-9/h5,9,13H,3-4,6H2,1-2H3. The van der Waals surface area contributed by atoms with Gasteiger partial charge in [-0.3, -0.25) is 0 Å². The quantitative estimate of drug-likeness (QED) is 0.900. The number of hydrogen-bond donors (Lipinski definition) is 1. The van der Waals surface area contributed by atoms with Gasteiger partial charge in [-0.1, -0.05) is 5.16 Å². The molecule has 18 heavy (non-hydrogen) atoms. The van der Waals surface area contributed by atoms with Crippen LogP contribution in [0.3, 0.4) is 0 Å². The fourth-order valence-electron chi connectivity index (χ4n) is 1.88. The molecule has 0 aromatic carbocycles. The second-order valence-electron chi connectivity index (χ2n) is 4.37. The van der Waals surface area contributed by atoms with Gasteiger partial charge in [0, 0.05) is 18.0 Å². The number of nitrogens with one attached hydrogen (secondary N) is 1. The van der Waals surface area contributed by atoms with E-state index in [9.17, 15) is 0 Å². The van der Waals surface area contributed by atoms with Crippen molar-refractivity contribution in [3.63, 3.8) is 0 Å². The maximum absolute atomic E-state index is 5.60. The lowest BCUT2D eigenvalue weighted by molar-refractivity contribution is 0.0208. The highest BCUT2D eigenvalue weighted by Gasteiger charge is 2.22. The van der Waals surface area contributed by atoms with Crippen molar-refractivity contribution in [2.75, 3.05) is 19.7 Å². The largest absolute Gasteiger partial charge is 0.367 e. The number of aromatic nitrogens is 2. The summed E-state index contributed by atoms with van der Waals surface area (Å²) >= 11 is 1.67. The highest BCUT2D eigenvalue weighted by Crippen LogP contribution is 2.30. The van der Waals surface area contributed by atoms with Crippen molar-refractivity contribution in [2.45, 2.75) is 20.0 Å². The van der Waals surface area contributed by atoms with Gasteiger partial charge in [0.2, 0.25) is 5.82 Å². The summed E-state index contributed by atoms with van der Waals surface area (Å²) in [5.41, 5.74) is 1.25. The fourth-order valence-corrected chi connectivity index (χ4v) is 2.83. The normalized spacial score (nSPS) is 20.2. The lowest BCUT2D eigenvalue weighted by atomic mass is 10.3. The van der Waals surface area contributed by atoms with E-state index in [1.807, 2.05) is 0 Å². The summed E-state index contributed by atoms with van der Waals surface area (Å²) in [5, 5.41) is 7.26. The molecule has 0 bridgehead atoms. The van der Waals surface area contributed by atoms with Crippen molar-refractivity contribution >= 4 is 11.3 Å². The van der Waals surface area contributed by atoms with Crippen molar-refractivity contribution in [3.05, 3.63) is 22.3 Å². The molecule has 6 heteroatoms. The zero-order valence-electron chi connectivity index (χ0n) is 10.4. The van der Waals surface area contributed by atoms with Crippen LogP contribution in [0.2, 0.25) is 0 Å². The summed E-state index contributed by atoms with van der Waals surface area (Å²) < 4.78 is 10.9. The molecule has 1 fully saturated rings. The van der Waals surface area contributed by atoms with Gasteiger partial charge in [-0.2, -0.15) is 4.98 Å². The first kappa shape index (κ1) is 11.8. The van der Waals surface area contributed by atoms with E-state index in [0.717, 1.165) is 18.0 Å². The molecule has 96 valence electrons. The number of morpholine rings is 1. The molecular formula is C12H15N3O2S. The zero-order valence-corrected chi connectivity index (χ0v) is 11.2. The SMILES string of the molecule is Cc1cc(-c2nc(C3CNCCO3)no2)sc1C. The Bertz CT molecular complexity index is 524. The maximum atomic E-state index is 5.60. The van der Waals surface area contributed by atoms with Gasteiger partial charge in [0.15, 0.2) is 0 Å². The number of ether oxygens (including phenoxy) is 1. The lowest BCUT2D eigenvalue weighted by Gasteiger charge is -2.20. The lowest BCUT2D eigenvalue weighted by Crippen LogP contribution is -2.33. The second-order valence-corrected chi connectivity index (χ2v) is 5.63. The first-order valence-corrected chi connectivity index (χ1v) is 6.79. The van der Waals surface area contributed by atoms with E-state index in [-0.39, 0.29) is 6.10 Å². The molecule has 1 unspecified atom stereocenters. The van der Waals surface area contributed by atoms with Gasteiger partial charge in [0.25, 0.3) is 5.89 Å². The minimum Gasteiger partial charge on any atom is -0.367 e. The number of aryl methyl sites for hydroxylation is 2. The number of thiophene rings is 1. The first-order chi connectivity index (χ1) is 8.74. The van der Waals surface area contributed by atoms with Crippen LogP contribution in [0, 0.1) is 13.8 Å². The Balaban J connectivity index is 1.84. The number of hydrogen-bond acceptors (Lipinski definition) is 6. The predicted molar refractivity (Wildman–Crippen MR) is 68.6 cm³/mol. The maximum Gasteiger partial charge on any atom is 0.268 e. The molecule has 1 atom stereocenters. The Morgan fingerprint density at radius 1 is 1.44 bits per heavy atom. The molecule has 5 nitrogen and oxygen atoms in total. The van der Waals surface area contributed by atoms with Crippen LogP contribution in [0.15, 0.2) is 10.6 Å². The molecule has 3 rings (SSSR count). The topological polar surface area (TPSA) is 60.2 Å². The molecule has 2 aromatic rings. The van der Waals surface area contributed by atoms with Crippen molar-refractivity contribution in [3.8, 4) is 10.8 Å². The van der Waals surface area contributed by atoms with E-state index in [1.54, 1.807) is 11.3 Å². The first-order valence-electron chi connectivity index (χ1n) is 5.97. The Hall–Kier alpha value is -1.24. The summed E-state index contributed by atoms with van der Waals surface area (Å²) in [6, 6.07) is 2.08. The zero-order chi connectivity index (χ0) is 12.5. The summed E-state index contributed by atoms with van der Waals surface area (Å²) in [6.07, 6.45) is -0.0987. The third-order valence-corrected chi connectivity index (χ3v) is 4.17. The van der Waals surface area contributed by atoms with Gasteiger partial charge in [-0.05, 0) is 25.5 Å². The second kappa shape index (κ2) is 4.79. The molecule has 3 heterocycles. The summed E-state index contributed by atoms with van der Waals surface area (Å²) in [6.45, 7) is 6.48. The highest BCUT2D eigenvalue weighted by atomic mass is 32.1. The average molecular weight is 265 g/mol. The fraction of sp³-hybridized carbons (Fsp3) is 0.500. The third-order valence-electron chi connectivity index (χ3n) is 3.03. The number of nitrogens with zero attached hydrogens (tertiary/aromatic N) is 2. The van der Waals surface area contributed by atoms with Crippen LogP contribution in [-0.2, 0) is 4.74 Å². The third kappa shape index (κ3) is 2.19. The molecule has 1 N–H and O–H groups in total. The molecule has 0 spiro atoms. The van der Waals surface area contributed by atoms with Crippen LogP contribution >= 0.6 is 11.3 Å². The molecule has 1 aliphatic rings. The summed E-state index contributed by atoms with van der Waals surface area (Å²) in [5.74, 6) is 1.21. The van der Waals surface area contributed by atoms with E-state index in [1.165, 1.54) is 10.4 Å². The van der Waals surface area contributed by atoms with Crippen LogP contribution in [0.1, 0.15) is 22.4 Å². The molecule has 2 aromatic heterocycles. The summed E-state index contributed by atoms with van der Waals surface area (Å²) in [7, 11) is 0. The van der Waals surface area contributed by atoms with Crippen LogP contribution in [-0.4, -0.2) is 29.8 Å². The van der Waals surface area contributed by atoms with Gasteiger partial charge in [0.1, 0.15) is 6.10 Å². The molecule has 0 radical (unpaired) electrons. The van der Waals surface area contributed by atoms with Gasteiger partial charge >= 0.3 is 0 Å². The predicted octanol–water partition coefficient (Wildman–Crippen LogP) is 2.08. The molecule has 0 amide bonds. The smallest absolute Gasteiger partial charge is 0.268 e. The Kier molecular flexibility index (Phi) is 3.15. The van der Waals surface area contributed by atoms with E-state index in [0.29, 0.717) is 18.3 Å². The van der Waals surface area contributed by atoms with Crippen molar-refractivity contribution in [1.29, 1.82) is 0 Å². The van der Waals surface area contributed by atoms with E-state index < -0.39 is 0 Å². The van der Waals surface area contributed by atoms with Crippen molar-refractivity contribution in [1.82, 2.24) is 15.5 Å². The average Bonchev–Trinajstić information content (AvgIpc) is 2.99. The Morgan fingerprint density at radius 2 is 2.33 bits per heavy atom. The minimum absolute atomic E-state index is 0.0987. The van der Waals surface area contributed by atoms with Gasteiger partial charge < -0.3 is 14.6 Å².